The van der Waals surface area contributed by atoms with E-state index in [1.165, 1.54) is 35.3 Å². The molecule has 0 unspecified atom stereocenters. The van der Waals surface area contributed by atoms with Gasteiger partial charge in [0, 0.05) is 23.4 Å². The Morgan fingerprint density at radius 3 is 2.67 bits per heavy atom. The number of rotatable bonds is 6. The molecule has 0 saturated carbocycles. The number of nitro benzene ring substituents is 1. The Balaban J connectivity index is 1.74. The third-order valence-electron chi connectivity index (χ3n) is 3.84. The van der Waals surface area contributed by atoms with Gasteiger partial charge in [-0.1, -0.05) is 29.3 Å². The number of aromatic nitrogens is 1. The fraction of sp³-hybridized carbons (Fsp3) is 0.105. The van der Waals surface area contributed by atoms with Crippen molar-refractivity contribution in [1.29, 1.82) is 0 Å². The van der Waals surface area contributed by atoms with Gasteiger partial charge in [-0.15, -0.1) is 11.3 Å². The van der Waals surface area contributed by atoms with Crippen molar-refractivity contribution in [2.45, 2.75) is 13.5 Å². The van der Waals surface area contributed by atoms with Crippen molar-refractivity contribution >= 4 is 62.9 Å². The average molecular weight is 466 g/mol. The first-order chi connectivity index (χ1) is 14.3. The number of amides is 1. The van der Waals surface area contributed by atoms with Crippen LogP contribution in [0.2, 0.25) is 10.0 Å². The number of hydrogen-bond acceptors (Lipinski definition) is 7. The molecule has 0 fully saturated rings. The highest BCUT2D eigenvalue weighted by Crippen LogP contribution is 2.31. The molecular formula is C19H13Cl2N3O5S. The van der Waals surface area contributed by atoms with Crippen molar-refractivity contribution in [3.05, 3.63) is 79.3 Å². The molecule has 0 aliphatic carbocycles. The predicted molar refractivity (Wildman–Crippen MR) is 114 cm³/mol. The van der Waals surface area contributed by atoms with E-state index in [0.717, 1.165) is 6.07 Å². The van der Waals surface area contributed by atoms with Gasteiger partial charge in [0.15, 0.2) is 5.13 Å². The Kier molecular flexibility index (Phi) is 6.66. The molecule has 3 aromatic rings. The second-order valence-corrected chi connectivity index (χ2v) is 7.64. The maximum Gasteiger partial charge on any atom is 0.338 e. The lowest BCUT2D eigenvalue weighted by Gasteiger charge is -2.18. The summed E-state index contributed by atoms with van der Waals surface area (Å²) in [5, 5.41) is 13.4. The lowest BCUT2D eigenvalue weighted by molar-refractivity contribution is -0.384. The highest BCUT2D eigenvalue weighted by atomic mass is 35.5. The molecule has 0 atom stereocenters. The number of anilines is 2. The van der Waals surface area contributed by atoms with Crippen LogP contribution < -0.4 is 4.90 Å². The van der Waals surface area contributed by atoms with Crippen molar-refractivity contribution in [3.63, 3.8) is 0 Å². The Morgan fingerprint density at radius 2 is 2.00 bits per heavy atom. The number of esters is 1. The molecule has 0 bridgehead atoms. The third kappa shape index (κ3) is 4.93. The first-order valence-electron chi connectivity index (χ1n) is 8.38. The SMILES string of the molecule is CC(=O)N(c1cccc(Cl)c1)c1nc(COC(=O)c2ccc(Cl)c([N+](=O)[O-])c2)cs1. The van der Waals surface area contributed by atoms with Crippen LogP contribution in [-0.2, 0) is 16.1 Å². The largest absolute Gasteiger partial charge is 0.456 e. The molecule has 30 heavy (non-hydrogen) atoms. The van der Waals surface area contributed by atoms with Gasteiger partial charge < -0.3 is 4.74 Å². The van der Waals surface area contributed by atoms with E-state index in [1.54, 1.807) is 29.6 Å². The van der Waals surface area contributed by atoms with Crippen LogP contribution >= 0.6 is 34.5 Å². The van der Waals surface area contributed by atoms with Crippen LogP contribution in [0, 0.1) is 10.1 Å². The zero-order chi connectivity index (χ0) is 21.8. The summed E-state index contributed by atoms with van der Waals surface area (Å²) in [7, 11) is 0. The van der Waals surface area contributed by atoms with Crippen LogP contribution in [0.25, 0.3) is 0 Å². The normalized spacial score (nSPS) is 10.5. The van der Waals surface area contributed by atoms with Gasteiger partial charge in [0.1, 0.15) is 11.6 Å². The molecule has 0 saturated heterocycles. The number of hydrogen-bond donors (Lipinski definition) is 0. The van der Waals surface area contributed by atoms with Crippen LogP contribution in [0.4, 0.5) is 16.5 Å². The van der Waals surface area contributed by atoms with E-state index in [4.69, 9.17) is 27.9 Å². The second-order valence-electron chi connectivity index (χ2n) is 5.96. The molecule has 2 aromatic carbocycles. The zero-order valence-corrected chi connectivity index (χ0v) is 17.7. The molecule has 3 rings (SSSR count). The number of thiazole rings is 1. The van der Waals surface area contributed by atoms with E-state index in [2.05, 4.69) is 4.98 Å². The van der Waals surface area contributed by atoms with Crippen molar-refractivity contribution in [2.75, 3.05) is 4.90 Å². The number of benzene rings is 2. The number of carbonyl (C=O) groups is 2. The summed E-state index contributed by atoms with van der Waals surface area (Å²) in [4.78, 5) is 40.4. The van der Waals surface area contributed by atoms with Crippen LogP contribution in [0.5, 0.6) is 0 Å². The number of nitrogens with zero attached hydrogens (tertiary/aromatic N) is 3. The highest BCUT2D eigenvalue weighted by Gasteiger charge is 2.20. The van der Waals surface area contributed by atoms with E-state index in [-0.39, 0.29) is 28.8 Å². The highest BCUT2D eigenvalue weighted by molar-refractivity contribution is 7.14. The molecule has 1 heterocycles. The number of halogens is 2. The molecule has 8 nitrogen and oxygen atoms in total. The van der Waals surface area contributed by atoms with Gasteiger partial charge in [-0.05, 0) is 30.3 Å². The maximum absolute atomic E-state index is 12.2. The van der Waals surface area contributed by atoms with Gasteiger partial charge in [0.2, 0.25) is 5.91 Å². The van der Waals surface area contributed by atoms with Crippen molar-refractivity contribution in [2.24, 2.45) is 0 Å². The maximum atomic E-state index is 12.2. The quantitative estimate of drug-likeness (QED) is 0.274. The molecule has 0 spiro atoms. The Labute approximate surface area is 184 Å². The van der Waals surface area contributed by atoms with Crippen molar-refractivity contribution in [3.8, 4) is 0 Å². The molecular weight excluding hydrogens is 453 g/mol. The summed E-state index contributed by atoms with van der Waals surface area (Å²) in [6.07, 6.45) is 0. The first-order valence-corrected chi connectivity index (χ1v) is 10.0. The summed E-state index contributed by atoms with van der Waals surface area (Å²) in [5.74, 6) is -1.02. The van der Waals surface area contributed by atoms with Crippen molar-refractivity contribution in [1.82, 2.24) is 4.98 Å². The van der Waals surface area contributed by atoms with E-state index in [0.29, 0.717) is 21.5 Å². The molecule has 0 radical (unpaired) electrons. The lowest BCUT2D eigenvalue weighted by Crippen LogP contribution is -2.22. The van der Waals surface area contributed by atoms with Gasteiger partial charge in [0.05, 0.1) is 21.9 Å². The molecule has 0 N–H and O–H groups in total. The van der Waals surface area contributed by atoms with E-state index < -0.39 is 10.9 Å². The Morgan fingerprint density at radius 1 is 1.23 bits per heavy atom. The minimum absolute atomic E-state index is 0.00848. The van der Waals surface area contributed by atoms with Gasteiger partial charge in [0.25, 0.3) is 5.69 Å². The van der Waals surface area contributed by atoms with Gasteiger partial charge in [-0.2, -0.15) is 0 Å². The predicted octanol–water partition coefficient (Wildman–Crippen LogP) is 5.40. The van der Waals surface area contributed by atoms with Gasteiger partial charge >= 0.3 is 5.97 Å². The van der Waals surface area contributed by atoms with E-state index in [9.17, 15) is 19.7 Å². The smallest absolute Gasteiger partial charge is 0.338 e. The fourth-order valence-corrected chi connectivity index (χ4v) is 3.75. The molecule has 0 aliphatic rings. The average Bonchev–Trinajstić information content (AvgIpc) is 3.14. The van der Waals surface area contributed by atoms with Crippen LogP contribution in [0.1, 0.15) is 23.0 Å². The topological polar surface area (TPSA) is 103 Å². The summed E-state index contributed by atoms with van der Waals surface area (Å²) >= 11 is 12.9. The summed E-state index contributed by atoms with van der Waals surface area (Å²) in [6, 6.07) is 10.4. The summed E-state index contributed by atoms with van der Waals surface area (Å²) in [5.41, 5.74) is 0.577. The Bertz CT molecular complexity index is 1130. The van der Waals surface area contributed by atoms with Gasteiger partial charge in [-0.3, -0.25) is 19.8 Å². The second kappa shape index (κ2) is 9.21. The minimum Gasteiger partial charge on any atom is -0.456 e. The van der Waals surface area contributed by atoms with E-state index in [1.807, 2.05) is 0 Å². The number of ether oxygens (including phenoxy) is 1. The number of carbonyl (C=O) groups excluding carboxylic acids is 2. The molecule has 154 valence electrons. The van der Waals surface area contributed by atoms with Crippen LogP contribution in [0.3, 0.4) is 0 Å². The molecule has 11 heteroatoms. The fourth-order valence-electron chi connectivity index (χ4n) is 2.51. The first kappa shape index (κ1) is 21.7. The standard InChI is InChI=1S/C19H13Cl2N3O5S/c1-11(25)23(15-4-2-3-13(20)8-15)19-22-14(10-30-19)9-29-18(26)12-5-6-16(21)17(7-12)24(27)28/h2-8,10H,9H2,1H3. The molecule has 1 aromatic heterocycles. The monoisotopic (exact) mass is 465 g/mol. The lowest BCUT2D eigenvalue weighted by atomic mass is 10.2. The van der Waals surface area contributed by atoms with E-state index >= 15 is 0 Å². The zero-order valence-electron chi connectivity index (χ0n) is 15.4. The third-order valence-corrected chi connectivity index (χ3v) is 5.27. The molecule has 0 aliphatic heterocycles. The minimum atomic E-state index is -0.761. The van der Waals surface area contributed by atoms with Crippen LogP contribution in [0.15, 0.2) is 47.8 Å². The number of nitro groups is 1. The Hall–Kier alpha value is -3.01. The summed E-state index contributed by atoms with van der Waals surface area (Å²) < 4.78 is 5.18. The summed E-state index contributed by atoms with van der Waals surface area (Å²) in [6.45, 7) is 1.22. The van der Waals surface area contributed by atoms with Crippen molar-refractivity contribution < 1.29 is 19.2 Å². The molecule has 1 amide bonds. The van der Waals surface area contributed by atoms with Crippen LogP contribution in [-0.4, -0.2) is 21.8 Å². The van der Waals surface area contributed by atoms with Gasteiger partial charge in [-0.25, -0.2) is 9.78 Å².